The molecule has 31 heavy (non-hydrogen) atoms. The van der Waals surface area contributed by atoms with E-state index in [-0.39, 0.29) is 5.41 Å². The zero-order valence-electron chi connectivity index (χ0n) is 19.1. The van der Waals surface area contributed by atoms with Crippen molar-refractivity contribution in [1.82, 2.24) is 9.97 Å². The molecule has 4 heteroatoms. The molecule has 156 valence electrons. The molecule has 0 bridgehead atoms. The molecule has 3 aromatic heterocycles. The van der Waals surface area contributed by atoms with Crippen molar-refractivity contribution in [1.29, 1.82) is 0 Å². The molecule has 0 N–H and O–H groups in total. The number of pyridine rings is 2. The molecular weight excluding hydrogens is 457 g/mol. The minimum absolute atomic E-state index is 0.0546. The Hall–Kier alpha value is -2.24. The Morgan fingerprint density at radius 3 is 2.35 bits per heavy atom. The van der Waals surface area contributed by atoms with Gasteiger partial charge in [-0.05, 0) is 0 Å². The Morgan fingerprint density at radius 2 is 1.61 bits per heavy atom. The summed E-state index contributed by atoms with van der Waals surface area (Å²) in [5, 5.41) is 5.10. The molecule has 0 saturated carbocycles. The third kappa shape index (κ3) is 3.58. The number of nitrogens with zero attached hydrogens (tertiary/aromatic N) is 2. The molecular formula is C27H28GeN2S. The van der Waals surface area contributed by atoms with Gasteiger partial charge < -0.3 is 0 Å². The van der Waals surface area contributed by atoms with Gasteiger partial charge in [-0.15, -0.1) is 0 Å². The molecule has 0 aliphatic carbocycles. The normalized spacial score (nSPS) is 12.8. The van der Waals surface area contributed by atoms with Crippen LogP contribution in [0.1, 0.15) is 26.3 Å². The van der Waals surface area contributed by atoms with E-state index in [2.05, 4.69) is 92.6 Å². The second kappa shape index (κ2) is 7.14. The second-order valence-electron chi connectivity index (χ2n) is 10.4. The molecule has 0 atom stereocenters. The molecule has 0 amide bonds. The summed E-state index contributed by atoms with van der Waals surface area (Å²) in [5.74, 6) is 7.20. The number of hydrogen-bond donors (Lipinski definition) is 0. The van der Waals surface area contributed by atoms with E-state index in [0.29, 0.717) is 0 Å². The summed E-state index contributed by atoms with van der Waals surface area (Å²) in [6, 6.07) is 20.0. The number of aromatic nitrogens is 2. The van der Waals surface area contributed by atoms with Crippen molar-refractivity contribution >= 4 is 60.2 Å². The van der Waals surface area contributed by atoms with Gasteiger partial charge >= 0.3 is 191 Å². The van der Waals surface area contributed by atoms with Crippen molar-refractivity contribution in [3.05, 3.63) is 66.4 Å². The zero-order valence-corrected chi connectivity index (χ0v) is 22.0. The van der Waals surface area contributed by atoms with Crippen molar-refractivity contribution in [3.63, 3.8) is 0 Å². The number of hydrogen-bond acceptors (Lipinski definition) is 3. The van der Waals surface area contributed by atoms with Gasteiger partial charge in [0.15, 0.2) is 0 Å². The molecule has 0 spiro atoms. The van der Waals surface area contributed by atoms with Crippen LogP contribution >= 0.6 is 11.3 Å². The van der Waals surface area contributed by atoms with Crippen LogP contribution in [0, 0.1) is 0 Å². The Balaban J connectivity index is 1.80. The van der Waals surface area contributed by atoms with Crippen molar-refractivity contribution < 1.29 is 0 Å². The number of thiophene rings is 1. The topological polar surface area (TPSA) is 25.8 Å². The molecule has 0 fully saturated rings. The van der Waals surface area contributed by atoms with Crippen LogP contribution < -0.4 is 4.53 Å². The first-order valence-electron chi connectivity index (χ1n) is 10.9. The molecule has 3 heterocycles. The summed E-state index contributed by atoms with van der Waals surface area (Å²) in [4.78, 5) is 11.1. The number of fused-ring (bicyclic) bond motifs is 4. The maximum atomic E-state index is 5.10. The Labute approximate surface area is 190 Å². The average molecular weight is 485 g/mol. The predicted molar refractivity (Wildman–Crippen MR) is 140 cm³/mol. The fraction of sp³-hybridized carbons (Fsp3) is 0.259. The molecule has 0 unspecified atom stereocenters. The van der Waals surface area contributed by atoms with E-state index < -0.39 is 13.3 Å². The van der Waals surface area contributed by atoms with Gasteiger partial charge in [-0.25, -0.2) is 0 Å². The van der Waals surface area contributed by atoms with E-state index in [0.717, 1.165) is 10.5 Å². The molecule has 5 rings (SSSR count). The van der Waals surface area contributed by atoms with Gasteiger partial charge in [0.05, 0.1) is 0 Å². The van der Waals surface area contributed by atoms with Crippen LogP contribution in [-0.4, -0.2) is 23.2 Å². The van der Waals surface area contributed by atoms with Crippen LogP contribution in [0.5, 0.6) is 0 Å². The number of benzene rings is 2. The van der Waals surface area contributed by atoms with Gasteiger partial charge in [-0.1, -0.05) is 0 Å². The predicted octanol–water partition coefficient (Wildman–Crippen LogP) is 7.51. The third-order valence-electron chi connectivity index (χ3n) is 5.97. The quantitative estimate of drug-likeness (QED) is 0.242. The molecule has 2 nitrogen and oxygen atoms in total. The van der Waals surface area contributed by atoms with Gasteiger partial charge in [0, 0.05) is 0 Å². The first-order valence-corrected chi connectivity index (χ1v) is 19.0. The van der Waals surface area contributed by atoms with Crippen LogP contribution in [0.25, 0.3) is 42.3 Å². The van der Waals surface area contributed by atoms with Gasteiger partial charge in [0.1, 0.15) is 0 Å². The van der Waals surface area contributed by atoms with Crippen LogP contribution in [0.4, 0.5) is 0 Å². The first-order chi connectivity index (χ1) is 14.6. The molecule has 0 aliphatic rings. The maximum absolute atomic E-state index is 5.10. The van der Waals surface area contributed by atoms with Crippen LogP contribution in [0.3, 0.4) is 0 Å². The Bertz CT molecular complexity index is 1450. The zero-order chi connectivity index (χ0) is 22.0. The van der Waals surface area contributed by atoms with Crippen molar-refractivity contribution in [3.8, 4) is 11.3 Å². The van der Waals surface area contributed by atoms with Gasteiger partial charge in [-0.3, -0.25) is 0 Å². The van der Waals surface area contributed by atoms with E-state index in [9.17, 15) is 0 Å². The van der Waals surface area contributed by atoms with Gasteiger partial charge in [0.25, 0.3) is 0 Å². The fourth-order valence-electron chi connectivity index (χ4n) is 4.27. The van der Waals surface area contributed by atoms with Crippen LogP contribution in [0.2, 0.25) is 17.3 Å². The van der Waals surface area contributed by atoms with E-state index in [1.807, 2.05) is 6.20 Å². The molecule has 0 radical (unpaired) electrons. The Morgan fingerprint density at radius 1 is 0.839 bits per heavy atom. The second-order valence-corrected chi connectivity index (χ2v) is 21.9. The van der Waals surface area contributed by atoms with Crippen molar-refractivity contribution in [2.75, 3.05) is 0 Å². The molecule has 0 saturated heterocycles. The third-order valence-corrected chi connectivity index (χ3v) is 10.9. The van der Waals surface area contributed by atoms with Crippen LogP contribution in [-0.2, 0) is 5.41 Å². The molecule has 2 aromatic carbocycles. The first kappa shape index (κ1) is 20.7. The van der Waals surface area contributed by atoms with Crippen LogP contribution in [0.15, 0.2) is 60.8 Å². The summed E-state index contributed by atoms with van der Waals surface area (Å²) in [7, 11) is 0. The SMILES string of the molecule is CC(C)(C)c1cc(-c2nccc3c2sc2n[c]([Ge]([CH3])([CH3])[CH3])ccc23)cc2ccccc12. The summed E-state index contributed by atoms with van der Waals surface area (Å²) in [6.45, 7) is 6.86. The summed E-state index contributed by atoms with van der Waals surface area (Å²) in [5.41, 5.74) is 3.67. The van der Waals surface area contributed by atoms with E-state index in [1.165, 1.54) is 41.9 Å². The van der Waals surface area contributed by atoms with E-state index in [4.69, 9.17) is 9.97 Å². The standard InChI is InChI=1S/C27H28GeN2S/c1-27(2,3)22-16-18(15-17-9-7-8-10-19(17)22)24-25-20(13-14-29-24)21-11-12-23(28(4,5)6)30-26(21)31-25/h7-16H,1-6H3. The van der Waals surface area contributed by atoms with Gasteiger partial charge in [0.2, 0.25) is 0 Å². The van der Waals surface area contributed by atoms with E-state index in [1.54, 1.807) is 11.3 Å². The minimum atomic E-state index is -1.98. The van der Waals surface area contributed by atoms with E-state index >= 15 is 0 Å². The summed E-state index contributed by atoms with van der Waals surface area (Å²) >= 11 is -0.189. The molecule has 0 aliphatic heterocycles. The monoisotopic (exact) mass is 486 g/mol. The molecule has 5 aromatic rings. The van der Waals surface area contributed by atoms with Crippen molar-refractivity contribution in [2.45, 2.75) is 43.5 Å². The van der Waals surface area contributed by atoms with Gasteiger partial charge in [-0.2, -0.15) is 0 Å². The van der Waals surface area contributed by atoms with Crippen molar-refractivity contribution in [2.24, 2.45) is 0 Å². The summed E-state index contributed by atoms with van der Waals surface area (Å²) < 4.78 is 2.55. The summed E-state index contributed by atoms with van der Waals surface area (Å²) in [6.07, 6.45) is 1.95. The Kier molecular flexibility index (Phi) is 4.76. The average Bonchev–Trinajstić information content (AvgIpc) is 3.09. The number of rotatable bonds is 2. The fourth-order valence-corrected chi connectivity index (χ4v) is 7.79.